The van der Waals surface area contributed by atoms with Gasteiger partial charge in [-0.1, -0.05) is 0 Å². The van der Waals surface area contributed by atoms with Crippen molar-refractivity contribution in [2.75, 3.05) is 6.54 Å². The number of aryl methyl sites for hydroxylation is 1. The fraction of sp³-hybridized carbons (Fsp3) is 0.444. The minimum absolute atomic E-state index is 0.0187. The summed E-state index contributed by atoms with van der Waals surface area (Å²) in [6, 6.07) is 1.81. The molecule has 0 aromatic carbocycles. The van der Waals surface area contributed by atoms with Crippen LogP contribution in [0.5, 0.6) is 0 Å². The summed E-state index contributed by atoms with van der Waals surface area (Å²) < 4.78 is 5.17. The van der Waals surface area contributed by atoms with Gasteiger partial charge in [-0.3, -0.25) is 4.79 Å². The van der Waals surface area contributed by atoms with Gasteiger partial charge in [0.1, 0.15) is 5.76 Å². The lowest BCUT2D eigenvalue weighted by molar-refractivity contribution is -0.137. The molecule has 3 N–H and O–H groups in total. The van der Waals surface area contributed by atoms with Crippen LogP contribution in [0.3, 0.4) is 0 Å². The highest BCUT2D eigenvalue weighted by atomic mass is 16.4. The number of furan rings is 1. The van der Waals surface area contributed by atoms with Gasteiger partial charge in [-0.05, 0) is 18.6 Å². The summed E-state index contributed by atoms with van der Waals surface area (Å²) in [6.07, 6.45) is 1.57. The second-order valence-corrected chi connectivity index (χ2v) is 3.00. The molecule has 72 valence electrons. The van der Waals surface area contributed by atoms with Crippen molar-refractivity contribution in [3.05, 3.63) is 23.7 Å². The number of carbonyl (C=O) groups is 1. The molecule has 0 amide bonds. The average molecular weight is 183 g/mol. The van der Waals surface area contributed by atoms with Crippen LogP contribution in [-0.4, -0.2) is 17.6 Å². The normalized spacial score (nSPS) is 12.8. The predicted molar refractivity (Wildman–Crippen MR) is 47.5 cm³/mol. The summed E-state index contributed by atoms with van der Waals surface area (Å²) >= 11 is 0. The van der Waals surface area contributed by atoms with Gasteiger partial charge < -0.3 is 15.3 Å². The third-order valence-electron chi connectivity index (χ3n) is 1.98. The van der Waals surface area contributed by atoms with Crippen molar-refractivity contribution in [1.82, 2.24) is 0 Å². The lowest BCUT2D eigenvalue weighted by atomic mass is 10.0. The van der Waals surface area contributed by atoms with Gasteiger partial charge in [0.15, 0.2) is 0 Å². The Morgan fingerprint density at radius 2 is 2.46 bits per heavy atom. The van der Waals surface area contributed by atoms with Crippen LogP contribution in [0.2, 0.25) is 0 Å². The zero-order chi connectivity index (χ0) is 9.84. The van der Waals surface area contributed by atoms with E-state index in [4.69, 9.17) is 15.3 Å². The Morgan fingerprint density at radius 3 is 2.85 bits per heavy atom. The predicted octanol–water partition coefficient (Wildman–Crippen LogP) is 1.11. The Hall–Kier alpha value is -1.29. The molecule has 0 fully saturated rings. The molecule has 0 aliphatic rings. The van der Waals surface area contributed by atoms with E-state index < -0.39 is 5.97 Å². The van der Waals surface area contributed by atoms with Crippen molar-refractivity contribution in [2.24, 2.45) is 5.73 Å². The van der Waals surface area contributed by atoms with E-state index in [9.17, 15) is 4.79 Å². The number of aliphatic carboxylic acids is 1. The van der Waals surface area contributed by atoms with E-state index in [0.29, 0.717) is 12.3 Å². The molecule has 1 rings (SSSR count). The first-order chi connectivity index (χ1) is 6.15. The summed E-state index contributed by atoms with van der Waals surface area (Å²) in [7, 11) is 0. The highest BCUT2D eigenvalue weighted by Crippen LogP contribution is 2.22. The summed E-state index contributed by atoms with van der Waals surface area (Å²) in [6.45, 7) is 2.17. The number of carboxylic acid groups (broad SMARTS) is 1. The Bertz CT molecular complexity index is 293. The maximum absolute atomic E-state index is 10.5. The number of hydrogen-bond donors (Lipinski definition) is 2. The van der Waals surface area contributed by atoms with Crippen molar-refractivity contribution in [3.8, 4) is 0 Å². The second-order valence-electron chi connectivity index (χ2n) is 3.00. The maximum atomic E-state index is 10.5. The van der Waals surface area contributed by atoms with Crippen molar-refractivity contribution in [1.29, 1.82) is 0 Å². The van der Waals surface area contributed by atoms with E-state index in [1.165, 1.54) is 0 Å². The molecule has 1 atom stereocenters. The summed E-state index contributed by atoms with van der Waals surface area (Å²) in [5.41, 5.74) is 6.41. The van der Waals surface area contributed by atoms with Gasteiger partial charge in [-0.15, -0.1) is 0 Å². The van der Waals surface area contributed by atoms with Gasteiger partial charge in [0, 0.05) is 12.5 Å². The molecule has 0 spiro atoms. The quantitative estimate of drug-likeness (QED) is 0.732. The number of rotatable bonds is 4. The van der Waals surface area contributed by atoms with Crippen molar-refractivity contribution in [2.45, 2.75) is 19.3 Å². The van der Waals surface area contributed by atoms with Gasteiger partial charge in [0.05, 0.1) is 12.7 Å². The number of hydrogen-bond acceptors (Lipinski definition) is 3. The first-order valence-corrected chi connectivity index (χ1v) is 4.11. The third-order valence-corrected chi connectivity index (χ3v) is 1.98. The van der Waals surface area contributed by atoms with E-state index in [-0.39, 0.29) is 12.3 Å². The van der Waals surface area contributed by atoms with Crippen molar-refractivity contribution < 1.29 is 14.3 Å². The van der Waals surface area contributed by atoms with Gasteiger partial charge >= 0.3 is 5.97 Å². The molecule has 1 heterocycles. The van der Waals surface area contributed by atoms with Crippen LogP contribution >= 0.6 is 0 Å². The Balaban J connectivity index is 2.78. The number of nitrogens with two attached hydrogens (primary N) is 1. The van der Waals surface area contributed by atoms with Crippen LogP contribution < -0.4 is 5.73 Å². The van der Waals surface area contributed by atoms with E-state index in [1.807, 2.05) is 6.92 Å². The second kappa shape index (κ2) is 4.09. The van der Waals surface area contributed by atoms with Gasteiger partial charge in [0.2, 0.25) is 0 Å². The van der Waals surface area contributed by atoms with Crippen molar-refractivity contribution >= 4 is 5.97 Å². The molecular weight excluding hydrogens is 170 g/mol. The Labute approximate surface area is 76.3 Å². The largest absolute Gasteiger partial charge is 0.481 e. The average Bonchev–Trinajstić information content (AvgIpc) is 2.47. The number of carboxylic acids is 1. The summed E-state index contributed by atoms with van der Waals surface area (Å²) in [5.74, 6) is -0.386. The lowest BCUT2D eigenvalue weighted by Gasteiger charge is -2.09. The van der Waals surface area contributed by atoms with E-state index >= 15 is 0 Å². The summed E-state index contributed by atoms with van der Waals surface area (Å²) in [4.78, 5) is 10.5. The SMILES string of the molecule is Cc1ccoc1[C@@H](CN)CC(=O)O. The van der Waals surface area contributed by atoms with Crippen molar-refractivity contribution in [3.63, 3.8) is 0 Å². The zero-order valence-electron chi connectivity index (χ0n) is 7.49. The molecule has 0 unspecified atom stereocenters. The minimum Gasteiger partial charge on any atom is -0.481 e. The molecule has 0 aliphatic heterocycles. The van der Waals surface area contributed by atoms with Crippen LogP contribution in [-0.2, 0) is 4.79 Å². The monoisotopic (exact) mass is 183 g/mol. The van der Waals surface area contributed by atoms with Gasteiger partial charge in [-0.25, -0.2) is 0 Å². The highest BCUT2D eigenvalue weighted by molar-refractivity contribution is 5.68. The molecule has 0 saturated heterocycles. The van der Waals surface area contributed by atoms with E-state index in [1.54, 1.807) is 12.3 Å². The standard InChI is InChI=1S/C9H13NO3/c1-6-2-3-13-9(6)7(5-10)4-8(11)12/h2-3,7H,4-5,10H2,1H3,(H,11,12)/t7-/m1/s1. The Kier molecular flexibility index (Phi) is 3.08. The first kappa shape index (κ1) is 9.80. The molecule has 1 aromatic rings. The fourth-order valence-electron chi connectivity index (χ4n) is 1.30. The molecule has 4 nitrogen and oxygen atoms in total. The fourth-order valence-corrected chi connectivity index (χ4v) is 1.30. The lowest BCUT2D eigenvalue weighted by Crippen LogP contribution is -2.16. The summed E-state index contributed by atoms with van der Waals surface area (Å²) in [5, 5.41) is 8.61. The molecule has 1 aromatic heterocycles. The van der Waals surface area contributed by atoms with Crippen LogP contribution in [0.15, 0.2) is 16.7 Å². The Morgan fingerprint density at radius 1 is 1.77 bits per heavy atom. The molecular formula is C9H13NO3. The topological polar surface area (TPSA) is 76.5 Å². The van der Waals surface area contributed by atoms with E-state index in [2.05, 4.69) is 0 Å². The van der Waals surface area contributed by atoms with Gasteiger partial charge in [0.25, 0.3) is 0 Å². The highest BCUT2D eigenvalue weighted by Gasteiger charge is 2.18. The zero-order valence-corrected chi connectivity index (χ0v) is 7.49. The third kappa shape index (κ3) is 2.32. The first-order valence-electron chi connectivity index (χ1n) is 4.11. The van der Waals surface area contributed by atoms with Crippen LogP contribution in [0.4, 0.5) is 0 Å². The molecule has 13 heavy (non-hydrogen) atoms. The van der Waals surface area contributed by atoms with Gasteiger partial charge in [-0.2, -0.15) is 0 Å². The minimum atomic E-state index is -0.855. The van der Waals surface area contributed by atoms with Crippen LogP contribution in [0.25, 0.3) is 0 Å². The molecule has 0 aliphatic carbocycles. The maximum Gasteiger partial charge on any atom is 0.304 e. The smallest absolute Gasteiger partial charge is 0.304 e. The van der Waals surface area contributed by atoms with Crippen LogP contribution in [0, 0.1) is 6.92 Å². The molecule has 0 bridgehead atoms. The van der Waals surface area contributed by atoms with E-state index in [0.717, 1.165) is 5.56 Å². The van der Waals surface area contributed by atoms with Crippen LogP contribution in [0.1, 0.15) is 23.7 Å². The molecule has 0 saturated carbocycles. The molecule has 0 radical (unpaired) electrons. The molecule has 4 heteroatoms.